The first kappa shape index (κ1) is 13.9. The summed E-state index contributed by atoms with van der Waals surface area (Å²) in [6.07, 6.45) is 2.07. The normalized spacial score (nSPS) is 17.0. The molecule has 0 atom stereocenters. The van der Waals surface area contributed by atoms with Gasteiger partial charge in [0.1, 0.15) is 0 Å². The zero-order valence-electron chi connectivity index (χ0n) is 11.4. The Hall–Kier alpha value is -2.02. The van der Waals surface area contributed by atoms with Gasteiger partial charge in [0.05, 0.1) is 6.54 Å². The molecule has 2 aliphatic rings. The van der Waals surface area contributed by atoms with E-state index in [2.05, 4.69) is 20.9 Å². The zero-order chi connectivity index (χ0) is 14.7. The summed E-state index contributed by atoms with van der Waals surface area (Å²) in [5, 5.41) is 8.99. The number of hydrogen-bond donors (Lipinski definition) is 3. The van der Waals surface area contributed by atoms with Crippen LogP contribution in [0.25, 0.3) is 0 Å². The number of anilines is 1. The molecule has 0 aromatic heterocycles. The molecule has 1 saturated carbocycles. The molecule has 0 spiro atoms. The second-order valence-corrected chi connectivity index (χ2v) is 6.03. The van der Waals surface area contributed by atoms with E-state index in [0.717, 1.165) is 25.1 Å². The summed E-state index contributed by atoms with van der Waals surface area (Å²) in [5.41, 5.74) is 1.09. The molecule has 1 aliphatic heterocycles. The minimum atomic E-state index is -0.231. The second-order valence-electron chi connectivity index (χ2n) is 4.94. The van der Waals surface area contributed by atoms with Gasteiger partial charge < -0.3 is 16.0 Å². The van der Waals surface area contributed by atoms with Crippen LogP contribution in [0.1, 0.15) is 23.2 Å². The third kappa shape index (κ3) is 3.98. The average molecular weight is 304 g/mol. The molecule has 3 amide bonds. The molecule has 6 nitrogen and oxygen atoms in total. The van der Waals surface area contributed by atoms with Crippen molar-refractivity contribution in [2.45, 2.75) is 18.9 Å². The fraction of sp³-hybridized carbons (Fsp3) is 0.357. The number of hydrogen-bond acceptors (Lipinski definition) is 4. The van der Waals surface area contributed by atoms with E-state index in [4.69, 9.17) is 0 Å². The lowest BCUT2D eigenvalue weighted by Crippen LogP contribution is -2.30. The van der Waals surface area contributed by atoms with Crippen LogP contribution < -0.4 is 16.0 Å². The maximum absolute atomic E-state index is 12.1. The molecule has 3 N–H and O–H groups in total. The number of aliphatic imine (C=N–C) groups is 1. The van der Waals surface area contributed by atoms with Crippen LogP contribution in [0, 0.1) is 0 Å². The number of rotatable bonds is 3. The highest BCUT2D eigenvalue weighted by molar-refractivity contribution is 8.14. The van der Waals surface area contributed by atoms with E-state index in [1.807, 2.05) is 0 Å². The Balaban J connectivity index is 1.61. The predicted octanol–water partition coefficient (Wildman–Crippen LogP) is 1.80. The Labute approximate surface area is 126 Å². The van der Waals surface area contributed by atoms with Crippen molar-refractivity contribution in [2.75, 3.05) is 17.6 Å². The number of amidine groups is 1. The number of benzene rings is 1. The molecule has 1 aliphatic carbocycles. The SMILES string of the molecule is O=C(Nc1cccc(C(=O)NC2=NCCS2)c1)NC1CC1. The minimum Gasteiger partial charge on any atom is -0.335 e. The molecule has 21 heavy (non-hydrogen) atoms. The number of carbonyl (C=O) groups excluding carboxylic acids is 2. The van der Waals surface area contributed by atoms with Crippen molar-refractivity contribution in [2.24, 2.45) is 4.99 Å². The van der Waals surface area contributed by atoms with E-state index in [1.165, 1.54) is 11.8 Å². The summed E-state index contributed by atoms with van der Waals surface area (Å²) >= 11 is 1.53. The van der Waals surface area contributed by atoms with Crippen molar-refractivity contribution in [3.63, 3.8) is 0 Å². The van der Waals surface area contributed by atoms with Gasteiger partial charge in [-0.15, -0.1) is 0 Å². The van der Waals surface area contributed by atoms with Gasteiger partial charge in [0.25, 0.3) is 5.91 Å². The van der Waals surface area contributed by atoms with Crippen molar-refractivity contribution in [1.82, 2.24) is 10.6 Å². The van der Waals surface area contributed by atoms with Crippen LogP contribution in [0.5, 0.6) is 0 Å². The number of carbonyl (C=O) groups is 2. The van der Waals surface area contributed by atoms with E-state index >= 15 is 0 Å². The Morgan fingerprint density at radius 3 is 2.81 bits per heavy atom. The largest absolute Gasteiger partial charge is 0.335 e. The summed E-state index contributed by atoms with van der Waals surface area (Å²) in [6.45, 7) is 0.739. The third-order valence-electron chi connectivity index (χ3n) is 3.10. The van der Waals surface area contributed by atoms with Crippen LogP contribution in [-0.4, -0.2) is 35.4 Å². The fourth-order valence-corrected chi connectivity index (χ4v) is 2.62. The van der Waals surface area contributed by atoms with Crippen LogP contribution in [0.3, 0.4) is 0 Å². The Morgan fingerprint density at radius 1 is 1.24 bits per heavy atom. The monoisotopic (exact) mass is 304 g/mol. The van der Waals surface area contributed by atoms with E-state index in [-0.39, 0.29) is 11.9 Å². The summed E-state index contributed by atoms with van der Waals surface area (Å²) in [4.78, 5) is 27.9. The maximum Gasteiger partial charge on any atom is 0.319 e. The van der Waals surface area contributed by atoms with Crippen molar-refractivity contribution in [3.05, 3.63) is 29.8 Å². The number of nitrogens with zero attached hydrogens (tertiary/aromatic N) is 1. The number of nitrogens with one attached hydrogen (secondary N) is 3. The summed E-state index contributed by atoms with van der Waals surface area (Å²) in [5.74, 6) is 0.688. The van der Waals surface area contributed by atoms with Gasteiger partial charge in [0.2, 0.25) is 0 Å². The Kier molecular flexibility index (Phi) is 4.10. The fourth-order valence-electron chi connectivity index (χ4n) is 1.90. The minimum absolute atomic E-state index is 0.214. The van der Waals surface area contributed by atoms with Gasteiger partial charge in [0.15, 0.2) is 5.17 Å². The molecular weight excluding hydrogens is 288 g/mol. The van der Waals surface area contributed by atoms with Gasteiger partial charge >= 0.3 is 6.03 Å². The predicted molar refractivity (Wildman–Crippen MR) is 83.8 cm³/mol. The van der Waals surface area contributed by atoms with E-state index in [9.17, 15) is 9.59 Å². The summed E-state index contributed by atoms with van der Waals surface area (Å²) < 4.78 is 0. The van der Waals surface area contributed by atoms with Crippen molar-refractivity contribution >= 4 is 34.6 Å². The highest BCUT2D eigenvalue weighted by Gasteiger charge is 2.23. The van der Waals surface area contributed by atoms with Crippen LogP contribution >= 0.6 is 11.8 Å². The van der Waals surface area contributed by atoms with E-state index in [0.29, 0.717) is 22.5 Å². The van der Waals surface area contributed by atoms with Gasteiger partial charge in [-0.05, 0) is 31.0 Å². The van der Waals surface area contributed by atoms with Crippen LogP contribution in [-0.2, 0) is 0 Å². The second kappa shape index (κ2) is 6.17. The molecule has 7 heteroatoms. The van der Waals surface area contributed by atoms with Gasteiger partial charge in [-0.3, -0.25) is 9.79 Å². The average Bonchev–Trinajstić information content (AvgIpc) is 3.12. The topological polar surface area (TPSA) is 82.6 Å². The van der Waals surface area contributed by atoms with E-state index < -0.39 is 0 Å². The standard InChI is InChI=1S/C14H16N4O2S/c19-12(18-14-15-6-7-21-14)9-2-1-3-11(8-9)17-13(20)16-10-4-5-10/h1-3,8,10H,4-7H2,(H,15,18,19)(H2,16,17,20). The number of urea groups is 1. The maximum atomic E-state index is 12.1. The molecule has 0 bridgehead atoms. The number of thioether (sulfide) groups is 1. The van der Waals surface area contributed by atoms with Gasteiger partial charge in [-0.25, -0.2) is 4.79 Å². The van der Waals surface area contributed by atoms with Crippen LogP contribution in [0.2, 0.25) is 0 Å². The lowest BCUT2D eigenvalue weighted by atomic mass is 10.2. The van der Waals surface area contributed by atoms with Crippen LogP contribution in [0.15, 0.2) is 29.3 Å². The molecule has 1 aromatic rings. The molecule has 0 saturated heterocycles. The van der Waals surface area contributed by atoms with Crippen molar-refractivity contribution < 1.29 is 9.59 Å². The smallest absolute Gasteiger partial charge is 0.319 e. The molecule has 110 valence electrons. The first-order valence-electron chi connectivity index (χ1n) is 6.87. The van der Waals surface area contributed by atoms with Crippen molar-refractivity contribution in [1.29, 1.82) is 0 Å². The highest BCUT2D eigenvalue weighted by atomic mass is 32.2. The zero-order valence-corrected chi connectivity index (χ0v) is 12.2. The first-order valence-corrected chi connectivity index (χ1v) is 7.85. The van der Waals surface area contributed by atoms with Gasteiger partial charge in [0, 0.05) is 23.0 Å². The third-order valence-corrected chi connectivity index (χ3v) is 3.99. The Morgan fingerprint density at radius 2 is 2.10 bits per heavy atom. The highest BCUT2D eigenvalue weighted by Crippen LogP contribution is 2.19. The quantitative estimate of drug-likeness (QED) is 0.796. The first-order chi connectivity index (χ1) is 10.2. The lowest BCUT2D eigenvalue weighted by molar-refractivity contribution is 0.0978. The number of amides is 3. The molecule has 1 aromatic carbocycles. The molecule has 3 rings (SSSR count). The van der Waals surface area contributed by atoms with Gasteiger partial charge in [-0.1, -0.05) is 17.8 Å². The molecule has 1 heterocycles. The Bertz CT molecular complexity index is 598. The van der Waals surface area contributed by atoms with Gasteiger partial charge in [-0.2, -0.15) is 0 Å². The van der Waals surface area contributed by atoms with E-state index in [1.54, 1.807) is 24.3 Å². The summed E-state index contributed by atoms with van der Waals surface area (Å²) in [7, 11) is 0. The molecule has 1 fully saturated rings. The van der Waals surface area contributed by atoms with Crippen LogP contribution in [0.4, 0.5) is 10.5 Å². The lowest BCUT2D eigenvalue weighted by Gasteiger charge is -2.08. The molecule has 0 unspecified atom stereocenters. The molecular formula is C14H16N4O2S. The van der Waals surface area contributed by atoms with Crippen molar-refractivity contribution in [3.8, 4) is 0 Å². The molecule has 0 radical (unpaired) electrons. The summed E-state index contributed by atoms with van der Waals surface area (Å²) in [6, 6.07) is 6.93.